The first-order chi connectivity index (χ1) is 11.6. The zero-order valence-corrected chi connectivity index (χ0v) is 14.0. The molecule has 0 aliphatic heterocycles. The maximum atomic E-state index is 11.1. The van der Waals surface area contributed by atoms with Crippen molar-refractivity contribution in [2.24, 2.45) is 0 Å². The third-order valence-corrected chi connectivity index (χ3v) is 3.85. The van der Waals surface area contributed by atoms with E-state index in [1.165, 1.54) is 11.1 Å². The van der Waals surface area contributed by atoms with E-state index in [9.17, 15) is 9.90 Å². The first-order valence-electron chi connectivity index (χ1n) is 8.02. The monoisotopic (exact) mass is 326 g/mol. The molecule has 0 saturated heterocycles. The van der Waals surface area contributed by atoms with E-state index in [0.717, 1.165) is 24.0 Å². The van der Waals surface area contributed by atoms with Crippen LogP contribution in [0.5, 0.6) is 11.5 Å². The summed E-state index contributed by atoms with van der Waals surface area (Å²) in [4.78, 5) is 11.1. The summed E-state index contributed by atoms with van der Waals surface area (Å²) in [6.07, 6.45) is 1.73. The molecule has 0 atom stereocenters. The number of rotatable bonds is 6. The lowest BCUT2D eigenvalue weighted by Crippen LogP contribution is -2.12. The van der Waals surface area contributed by atoms with Crippen molar-refractivity contribution in [3.8, 4) is 11.5 Å². The fourth-order valence-electron chi connectivity index (χ4n) is 2.73. The Bertz CT molecular complexity index is 712. The maximum absolute atomic E-state index is 11.1. The number of aromatic hydroxyl groups is 1. The van der Waals surface area contributed by atoms with E-state index >= 15 is 0 Å². The Kier molecular flexibility index (Phi) is 6.15. The van der Waals surface area contributed by atoms with Gasteiger partial charge >= 0.3 is 5.97 Å². The molecule has 0 bridgehead atoms. The normalized spacial score (nSPS) is 11.8. The van der Waals surface area contributed by atoms with Crippen LogP contribution in [-0.4, -0.2) is 22.8 Å². The van der Waals surface area contributed by atoms with E-state index < -0.39 is 12.6 Å². The zero-order valence-electron chi connectivity index (χ0n) is 14.0. The first-order valence-corrected chi connectivity index (χ1v) is 8.02. The summed E-state index contributed by atoms with van der Waals surface area (Å²) in [5, 5.41) is 18.2. The molecule has 24 heavy (non-hydrogen) atoms. The Labute approximate surface area is 142 Å². The molecule has 0 aliphatic carbocycles. The number of aliphatic hydroxyl groups excluding tert-OH is 1. The average molecular weight is 326 g/mol. The van der Waals surface area contributed by atoms with Crippen molar-refractivity contribution in [1.29, 1.82) is 0 Å². The highest BCUT2D eigenvalue weighted by molar-refractivity contribution is 5.90. The molecule has 0 fully saturated rings. The van der Waals surface area contributed by atoms with Gasteiger partial charge in [0.25, 0.3) is 0 Å². The molecular formula is C20H22O4. The Hall–Kier alpha value is -2.59. The molecule has 2 rings (SSSR count). The topological polar surface area (TPSA) is 66.8 Å². The lowest BCUT2D eigenvalue weighted by Gasteiger charge is -2.14. The molecule has 0 amide bonds. The van der Waals surface area contributed by atoms with Gasteiger partial charge in [0.05, 0.1) is 0 Å². The van der Waals surface area contributed by atoms with Crippen LogP contribution in [0.25, 0.3) is 11.1 Å². The van der Waals surface area contributed by atoms with E-state index in [4.69, 9.17) is 9.84 Å². The second-order valence-electron chi connectivity index (χ2n) is 5.37. The standard InChI is InChI=1S/C20H22O4/c1-3-18(14-5-9-16(22)10-6-14)19(4-2)15-7-11-17(12-8-15)24-20(23)13-21/h5-12,21-22H,3-4,13H2,1-2H3/b19-18+. The highest BCUT2D eigenvalue weighted by atomic mass is 16.5. The summed E-state index contributed by atoms with van der Waals surface area (Å²) >= 11 is 0. The second-order valence-corrected chi connectivity index (χ2v) is 5.37. The van der Waals surface area contributed by atoms with Gasteiger partial charge < -0.3 is 14.9 Å². The molecule has 0 saturated carbocycles. The smallest absolute Gasteiger partial charge is 0.337 e. The van der Waals surface area contributed by atoms with E-state index in [-0.39, 0.29) is 5.75 Å². The number of phenolic OH excluding ortho intramolecular Hbond substituents is 1. The van der Waals surface area contributed by atoms with Crippen molar-refractivity contribution >= 4 is 17.1 Å². The highest BCUT2D eigenvalue weighted by Crippen LogP contribution is 2.32. The molecular weight excluding hydrogens is 304 g/mol. The Morgan fingerprint density at radius 2 is 1.33 bits per heavy atom. The number of esters is 1. The summed E-state index contributed by atoms with van der Waals surface area (Å²) in [5.74, 6) is -0.00872. The molecule has 0 heterocycles. The van der Waals surface area contributed by atoms with Gasteiger partial charge in [-0.05, 0) is 59.4 Å². The molecule has 0 aromatic heterocycles. The van der Waals surface area contributed by atoms with Gasteiger partial charge in [-0.25, -0.2) is 4.79 Å². The maximum Gasteiger partial charge on any atom is 0.337 e. The first kappa shape index (κ1) is 17.8. The minimum atomic E-state index is -0.674. The van der Waals surface area contributed by atoms with Gasteiger partial charge in [-0.2, -0.15) is 0 Å². The van der Waals surface area contributed by atoms with Crippen LogP contribution in [0.2, 0.25) is 0 Å². The molecule has 2 aromatic rings. The lowest BCUT2D eigenvalue weighted by molar-refractivity contribution is -0.137. The van der Waals surface area contributed by atoms with Crippen molar-refractivity contribution in [1.82, 2.24) is 0 Å². The molecule has 0 unspecified atom stereocenters. The molecule has 0 aliphatic rings. The van der Waals surface area contributed by atoms with Gasteiger partial charge in [0.2, 0.25) is 0 Å². The van der Waals surface area contributed by atoms with Gasteiger partial charge in [0.1, 0.15) is 18.1 Å². The fraction of sp³-hybridized carbons (Fsp3) is 0.250. The Balaban J connectivity index is 2.37. The van der Waals surface area contributed by atoms with E-state index in [1.54, 1.807) is 24.3 Å². The van der Waals surface area contributed by atoms with Crippen molar-refractivity contribution in [2.45, 2.75) is 26.7 Å². The van der Waals surface area contributed by atoms with Crippen LogP contribution in [0.1, 0.15) is 37.8 Å². The Morgan fingerprint density at radius 1 is 0.875 bits per heavy atom. The minimum Gasteiger partial charge on any atom is -0.508 e. The highest BCUT2D eigenvalue weighted by Gasteiger charge is 2.10. The largest absolute Gasteiger partial charge is 0.508 e. The van der Waals surface area contributed by atoms with Gasteiger partial charge in [0.15, 0.2) is 0 Å². The third-order valence-electron chi connectivity index (χ3n) is 3.85. The third kappa shape index (κ3) is 4.24. The van der Waals surface area contributed by atoms with Crippen LogP contribution in [0, 0.1) is 0 Å². The average Bonchev–Trinajstić information content (AvgIpc) is 2.61. The van der Waals surface area contributed by atoms with Gasteiger partial charge in [-0.15, -0.1) is 0 Å². The molecule has 4 nitrogen and oxygen atoms in total. The van der Waals surface area contributed by atoms with Crippen molar-refractivity contribution in [3.05, 3.63) is 59.7 Å². The summed E-state index contributed by atoms with van der Waals surface area (Å²) < 4.78 is 4.98. The zero-order chi connectivity index (χ0) is 17.5. The van der Waals surface area contributed by atoms with Crippen LogP contribution < -0.4 is 4.74 Å². The predicted octanol–water partition coefficient (Wildman–Crippen LogP) is 4.02. The summed E-state index contributed by atoms with van der Waals surface area (Å²) in [5.41, 5.74) is 4.58. The number of carbonyl (C=O) groups excluding carboxylic acids is 1. The van der Waals surface area contributed by atoms with Crippen LogP contribution in [0.15, 0.2) is 48.5 Å². The molecule has 0 spiro atoms. The number of ether oxygens (including phenoxy) is 1. The van der Waals surface area contributed by atoms with Gasteiger partial charge in [0, 0.05) is 0 Å². The van der Waals surface area contributed by atoms with E-state index in [0.29, 0.717) is 5.75 Å². The van der Waals surface area contributed by atoms with Crippen LogP contribution in [-0.2, 0) is 4.79 Å². The number of phenols is 1. The number of aliphatic hydroxyl groups is 1. The van der Waals surface area contributed by atoms with Crippen LogP contribution in [0.3, 0.4) is 0 Å². The number of hydrogen-bond acceptors (Lipinski definition) is 4. The summed E-state index contributed by atoms with van der Waals surface area (Å²) in [7, 11) is 0. The van der Waals surface area contributed by atoms with E-state index in [1.807, 2.05) is 24.3 Å². The summed E-state index contributed by atoms with van der Waals surface area (Å²) in [6.45, 7) is 3.57. The molecule has 2 N–H and O–H groups in total. The molecule has 126 valence electrons. The molecule has 4 heteroatoms. The number of carbonyl (C=O) groups is 1. The quantitative estimate of drug-likeness (QED) is 0.478. The molecule has 2 aromatic carbocycles. The molecule has 0 radical (unpaired) electrons. The lowest BCUT2D eigenvalue weighted by atomic mass is 9.91. The Morgan fingerprint density at radius 3 is 1.75 bits per heavy atom. The number of allylic oxidation sites excluding steroid dienone is 2. The van der Waals surface area contributed by atoms with Crippen LogP contribution >= 0.6 is 0 Å². The van der Waals surface area contributed by atoms with Gasteiger partial charge in [-0.1, -0.05) is 38.1 Å². The van der Waals surface area contributed by atoms with E-state index in [2.05, 4.69) is 13.8 Å². The number of benzene rings is 2. The number of hydrogen-bond donors (Lipinski definition) is 2. The second kappa shape index (κ2) is 8.31. The fourth-order valence-corrected chi connectivity index (χ4v) is 2.73. The van der Waals surface area contributed by atoms with Crippen molar-refractivity contribution < 1.29 is 19.7 Å². The van der Waals surface area contributed by atoms with Crippen molar-refractivity contribution in [3.63, 3.8) is 0 Å². The van der Waals surface area contributed by atoms with Crippen LogP contribution in [0.4, 0.5) is 0 Å². The van der Waals surface area contributed by atoms with Crippen molar-refractivity contribution in [2.75, 3.05) is 6.61 Å². The SMILES string of the molecule is CC/C(=C(/CC)c1ccc(OC(=O)CO)cc1)c1ccc(O)cc1. The minimum absolute atomic E-state index is 0.252. The summed E-state index contributed by atoms with van der Waals surface area (Å²) in [6, 6.07) is 14.5. The predicted molar refractivity (Wildman–Crippen MR) is 94.7 cm³/mol. The van der Waals surface area contributed by atoms with Gasteiger partial charge in [-0.3, -0.25) is 0 Å².